The average molecular weight is 229 g/mol. The zero-order chi connectivity index (χ0) is 13.3. The van der Waals surface area contributed by atoms with E-state index in [1.54, 1.807) is 21.0 Å². The Hall–Kier alpha value is -1.66. The fourth-order valence-corrected chi connectivity index (χ4v) is 0.506. The topological polar surface area (TPSA) is 81.7 Å². The fourth-order valence-electron chi connectivity index (χ4n) is 0.506. The van der Waals surface area contributed by atoms with E-state index in [1.807, 2.05) is 0 Å². The van der Waals surface area contributed by atoms with Gasteiger partial charge in [0.15, 0.2) is 0 Å². The highest BCUT2D eigenvalue weighted by atomic mass is 16.4. The van der Waals surface area contributed by atoms with Gasteiger partial charge in [0.05, 0.1) is 0 Å². The Bertz CT molecular complexity index is 271. The minimum atomic E-state index is -0.935. The lowest BCUT2D eigenvalue weighted by atomic mass is 10.3. The molecule has 0 aliphatic heterocycles. The van der Waals surface area contributed by atoms with Crippen LogP contribution in [-0.2, 0) is 9.59 Å². The van der Waals surface area contributed by atoms with E-state index in [2.05, 4.69) is 24.0 Å². The number of nitrogens with one attached hydrogen (secondary N) is 2. The standard InChI is InChI=1S/C6H13N3O.C4H6O2/c1-5(2)6(10)9(7-3)8-4;1-3(2)4(5)6/h7-8H,1H2,2-4H3;1H2,2H3,(H,5,6). The van der Waals surface area contributed by atoms with Gasteiger partial charge < -0.3 is 5.11 Å². The van der Waals surface area contributed by atoms with E-state index >= 15 is 0 Å². The molecule has 0 bridgehead atoms. The largest absolute Gasteiger partial charge is 0.478 e. The monoisotopic (exact) mass is 229 g/mol. The van der Waals surface area contributed by atoms with Crippen LogP contribution in [0.4, 0.5) is 0 Å². The van der Waals surface area contributed by atoms with Crippen molar-refractivity contribution >= 4 is 11.9 Å². The van der Waals surface area contributed by atoms with Crippen LogP contribution in [0.25, 0.3) is 0 Å². The maximum Gasteiger partial charge on any atom is 0.330 e. The molecule has 0 unspecified atom stereocenters. The Balaban J connectivity index is 0. The van der Waals surface area contributed by atoms with Crippen LogP contribution in [0.5, 0.6) is 0 Å². The molecular formula is C10H19N3O3. The second-order valence-electron chi connectivity index (χ2n) is 2.95. The Morgan fingerprint density at radius 1 is 1.06 bits per heavy atom. The number of carboxylic acid groups (broad SMARTS) is 1. The molecule has 0 aliphatic carbocycles. The first-order valence-electron chi connectivity index (χ1n) is 4.51. The van der Waals surface area contributed by atoms with E-state index in [-0.39, 0.29) is 11.5 Å². The van der Waals surface area contributed by atoms with Crippen LogP contribution in [0.15, 0.2) is 24.3 Å². The number of hydrogen-bond acceptors (Lipinski definition) is 4. The van der Waals surface area contributed by atoms with Crippen LogP contribution in [0.2, 0.25) is 0 Å². The molecule has 3 N–H and O–H groups in total. The van der Waals surface area contributed by atoms with E-state index in [9.17, 15) is 9.59 Å². The van der Waals surface area contributed by atoms with E-state index in [0.29, 0.717) is 5.57 Å². The Morgan fingerprint density at radius 3 is 1.44 bits per heavy atom. The van der Waals surface area contributed by atoms with E-state index in [0.717, 1.165) is 0 Å². The molecule has 0 aliphatic rings. The number of hydrogen-bond donors (Lipinski definition) is 3. The molecule has 0 atom stereocenters. The van der Waals surface area contributed by atoms with Crippen molar-refractivity contribution in [1.29, 1.82) is 0 Å². The van der Waals surface area contributed by atoms with Crippen LogP contribution in [0, 0.1) is 0 Å². The predicted octanol–water partition coefficient (Wildman–Crippen LogP) is 0.307. The van der Waals surface area contributed by atoms with Gasteiger partial charge in [0.1, 0.15) is 0 Å². The van der Waals surface area contributed by atoms with E-state index < -0.39 is 5.97 Å². The molecule has 0 radical (unpaired) electrons. The lowest BCUT2D eigenvalue weighted by molar-refractivity contribution is -0.133. The molecule has 0 saturated carbocycles. The van der Waals surface area contributed by atoms with Crippen LogP contribution < -0.4 is 10.9 Å². The number of nitrogens with zero attached hydrogens (tertiary/aromatic N) is 1. The van der Waals surface area contributed by atoms with Gasteiger partial charge >= 0.3 is 5.97 Å². The minimum Gasteiger partial charge on any atom is -0.478 e. The molecule has 6 nitrogen and oxygen atoms in total. The van der Waals surface area contributed by atoms with Crippen LogP contribution in [0.1, 0.15) is 13.8 Å². The number of aliphatic carboxylic acids is 1. The second kappa shape index (κ2) is 8.63. The molecule has 92 valence electrons. The second-order valence-corrected chi connectivity index (χ2v) is 2.95. The number of rotatable bonds is 4. The summed E-state index contributed by atoms with van der Waals surface area (Å²) in [7, 11) is 3.30. The third kappa shape index (κ3) is 7.72. The molecule has 0 aromatic heterocycles. The van der Waals surface area contributed by atoms with Crippen molar-refractivity contribution in [2.24, 2.45) is 0 Å². The zero-order valence-corrected chi connectivity index (χ0v) is 10.1. The van der Waals surface area contributed by atoms with E-state index in [4.69, 9.17) is 5.11 Å². The summed E-state index contributed by atoms with van der Waals surface area (Å²) in [5.74, 6) is -1.10. The molecule has 0 heterocycles. The lowest BCUT2D eigenvalue weighted by Crippen LogP contribution is -2.48. The third-order valence-corrected chi connectivity index (χ3v) is 1.38. The van der Waals surface area contributed by atoms with Gasteiger partial charge in [-0.3, -0.25) is 4.79 Å². The third-order valence-electron chi connectivity index (χ3n) is 1.38. The first kappa shape index (κ1) is 16.8. The van der Waals surface area contributed by atoms with Gasteiger partial charge in [-0.15, -0.1) is 0 Å². The maximum atomic E-state index is 11.0. The van der Waals surface area contributed by atoms with Gasteiger partial charge in [0.2, 0.25) is 0 Å². The Kier molecular flexibility index (Phi) is 9.04. The van der Waals surface area contributed by atoms with Crippen LogP contribution >= 0.6 is 0 Å². The average Bonchev–Trinajstić information content (AvgIpc) is 2.20. The number of carboxylic acids is 1. The van der Waals surface area contributed by atoms with Crippen molar-refractivity contribution < 1.29 is 14.7 Å². The van der Waals surface area contributed by atoms with Crippen molar-refractivity contribution in [3.05, 3.63) is 24.3 Å². The van der Waals surface area contributed by atoms with Gasteiger partial charge in [-0.1, -0.05) is 13.2 Å². The van der Waals surface area contributed by atoms with Crippen molar-refractivity contribution in [2.45, 2.75) is 13.8 Å². The van der Waals surface area contributed by atoms with Crippen molar-refractivity contribution in [3.63, 3.8) is 0 Å². The zero-order valence-electron chi connectivity index (χ0n) is 10.1. The molecule has 6 heteroatoms. The number of carbonyl (C=O) groups excluding carboxylic acids is 1. The summed E-state index contributed by atoms with van der Waals surface area (Å²) in [5.41, 5.74) is 5.95. The van der Waals surface area contributed by atoms with Gasteiger partial charge in [-0.05, 0) is 13.8 Å². The highest BCUT2D eigenvalue weighted by molar-refractivity contribution is 5.91. The van der Waals surface area contributed by atoms with Gasteiger partial charge in [0, 0.05) is 25.2 Å². The smallest absolute Gasteiger partial charge is 0.330 e. The summed E-state index contributed by atoms with van der Waals surface area (Å²) in [6.45, 7) is 9.76. The first-order valence-corrected chi connectivity index (χ1v) is 4.51. The summed E-state index contributed by atoms with van der Waals surface area (Å²) in [5, 5.41) is 9.14. The number of amides is 1. The highest BCUT2D eigenvalue weighted by Crippen LogP contribution is 1.90. The van der Waals surface area contributed by atoms with Gasteiger partial charge in [0.25, 0.3) is 5.91 Å². The highest BCUT2D eigenvalue weighted by Gasteiger charge is 2.08. The van der Waals surface area contributed by atoms with E-state index in [1.165, 1.54) is 12.0 Å². The quantitative estimate of drug-likeness (QED) is 0.477. The predicted molar refractivity (Wildman–Crippen MR) is 62.2 cm³/mol. The number of hydrazine groups is 2. The van der Waals surface area contributed by atoms with Gasteiger partial charge in [-0.2, -0.15) is 0 Å². The van der Waals surface area contributed by atoms with Crippen molar-refractivity contribution in [1.82, 2.24) is 16.0 Å². The molecule has 16 heavy (non-hydrogen) atoms. The summed E-state index contributed by atoms with van der Waals surface area (Å²) in [6.07, 6.45) is 0. The summed E-state index contributed by atoms with van der Waals surface area (Å²) in [4.78, 5) is 20.6. The van der Waals surface area contributed by atoms with Crippen molar-refractivity contribution in [2.75, 3.05) is 14.1 Å². The van der Waals surface area contributed by atoms with Crippen LogP contribution in [-0.4, -0.2) is 36.2 Å². The summed E-state index contributed by atoms with van der Waals surface area (Å²) in [6, 6.07) is 0. The molecule has 0 saturated heterocycles. The molecule has 0 aromatic carbocycles. The number of carbonyl (C=O) groups is 2. The molecule has 0 aromatic rings. The lowest BCUT2D eigenvalue weighted by Gasteiger charge is -2.18. The SMILES string of the molecule is C=C(C)C(=O)N(NC)NC.C=C(C)C(=O)O. The normalized spacial score (nSPS) is 8.50. The molecule has 0 fully saturated rings. The van der Waals surface area contributed by atoms with Gasteiger partial charge in [-0.25, -0.2) is 20.8 Å². The summed E-state index contributed by atoms with van der Waals surface area (Å²) < 4.78 is 0. The van der Waals surface area contributed by atoms with Crippen molar-refractivity contribution in [3.8, 4) is 0 Å². The minimum absolute atomic E-state index is 0.162. The summed E-state index contributed by atoms with van der Waals surface area (Å²) >= 11 is 0. The molecule has 0 rings (SSSR count). The molecule has 0 spiro atoms. The Labute approximate surface area is 95.6 Å². The molecule has 1 amide bonds. The maximum absolute atomic E-state index is 11.0. The fraction of sp³-hybridized carbons (Fsp3) is 0.400. The first-order chi connectivity index (χ1) is 7.27. The van der Waals surface area contributed by atoms with Crippen LogP contribution in [0.3, 0.4) is 0 Å². The Morgan fingerprint density at radius 2 is 1.38 bits per heavy atom. The molecular weight excluding hydrogens is 210 g/mol.